The van der Waals surface area contributed by atoms with Gasteiger partial charge in [0.15, 0.2) is 5.78 Å². The normalized spacial score (nSPS) is 29.5. The Kier molecular flexibility index (Phi) is 3.42. The molecule has 0 aromatic heterocycles. The van der Waals surface area contributed by atoms with E-state index in [4.69, 9.17) is 11.6 Å². The molecule has 1 aromatic carbocycles. The Morgan fingerprint density at radius 3 is 2.63 bits per heavy atom. The highest BCUT2D eigenvalue weighted by Crippen LogP contribution is 2.48. The van der Waals surface area contributed by atoms with Crippen LogP contribution in [0.5, 0.6) is 0 Å². The maximum atomic E-state index is 11.6. The fourth-order valence-electron chi connectivity index (χ4n) is 3.71. The van der Waals surface area contributed by atoms with Crippen LogP contribution in [0.3, 0.4) is 0 Å². The van der Waals surface area contributed by atoms with Crippen molar-refractivity contribution < 1.29 is 4.79 Å². The molecule has 0 aliphatic heterocycles. The third-order valence-electron chi connectivity index (χ3n) is 5.03. The van der Waals surface area contributed by atoms with Crippen LogP contribution >= 0.6 is 11.6 Å². The summed E-state index contributed by atoms with van der Waals surface area (Å²) in [6.45, 7) is 2.29. The van der Waals surface area contributed by atoms with Crippen molar-refractivity contribution in [3.05, 3.63) is 34.9 Å². The van der Waals surface area contributed by atoms with Crippen LogP contribution in [0.25, 0.3) is 0 Å². The van der Waals surface area contributed by atoms with Crippen LogP contribution < -0.4 is 0 Å². The number of halogens is 1. The molecule has 0 heterocycles. The van der Waals surface area contributed by atoms with Crippen molar-refractivity contribution in [1.29, 1.82) is 0 Å². The van der Waals surface area contributed by atoms with Gasteiger partial charge in [0, 0.05) is 5.92 Å². The van der Waals surface area contributed by atoms with E-state index in [1.807, 2.05) is 0 Å². The Labute approximate surface area is 120 Å². The number of ketones is 1. The predicted octanol–water partition coefficient (Wildman–Crippen LogP) is 4.04. The SMILES string of the molecule is CC1(c2ccc3c(c2)CCCC3)CC(C(=O)CCl)C1. The molecule has 2 aliphatic carbocycles. The molecule has 1 fully saturated rings. The molecule has 2 aliphatic rings. The van der Waals surface area contributed by atoms with E-state index in [0.717, 1.165) is 12.8 Å². The maximum absolute atomic E-state index is 11.6. The molecule has 19 heavy (non-hydrogen) atoms. The van der Waals surface area contributed by atoms with Gasteiger partial charge in [-0.15, -0.1) is 11.6 Å². The molecule has 0 unspecified atom stereocenters. The molecule has 0 spiro atoms. The molecular weight excluding hydrogens is 256 g/mol. The minimum atomic E-state index is 0.172. The molecule has 0 amide bonds. The molecule has 102 valence electrons. The summed E-state index contributed by atoms with van der Waals surface area (Å²) in [5.74, 6) is 0.584. The van der Waals surface area contributed by atoms with E-state index in [2.05, 4.69) is 25.1 Å². The van der Waals surface area contributed by atoms with Crippen molar-refractivity contribution in [3.8, 4) is 0 Å². The third kappa shape index (κ3) is 2.33. The number of carbonyl (C=O) groups excluding carboxylic acids is 1. The fourth-order valence-corrected chi connectivity index (χ4v) is 3.93. The van der Waals surface area contributed by atoms with Crippen LogP contribution in [-0.4, -0.2) is 11.7 Å². The summed E-state index contributed by atoms with van der Waals surface area (Å²) in [5.41, 5.74) is 4.69. The van der Waals surface area contributed by atoms with Crippen molar-refractivity contribution in [1.82, 2.24) is 0 Å². The average Bonchev–Trinajstić information content (AvgIpc) is 2.42. The van der Waals surface area contributed by atoms with E-state index < -0.39 is 0 Å². The lowest BCUT2D eigenvalue weighted by Crippen LogP contribution is -2.42. The van der Waals surface area contributed by atoms with Gasteiger partial charge in [0.25, 0.3) is 0 Å². The third-order valence-corrected chi connectivity index (χ3v) is 5.29. The van der Waals surface area contributed by atoms with Gasteiger partial charge in [0.2, 0.25) is 0 Å². The summed E-state index contributed by atoms with van der Waals surface area (Å²) in [6, 6.07) is 6.99. The summed E-state index contributed by atoms with van der Waals surface area (Å²) in [7, 11) is 0. The summed E-state index contributed by atoms with van der Waals surface area (Å²) >= 11 is 5.64. The van der Waals surface area contributed by atoms with Gasteiger partial charge in [-0.1, -0.05) is 25.1 Å². The first-order valence-electron chi connectivity index (χ1n) is 7.33. The first kappa shape index (κ1) is 13.2. The number of rotatable bonds is 3. The van der Waals surface area contributed by atoms with Crippen LogP contribution in [0.1, 0.15) is 49.3 Å². The molecule has 1 aromatic rings. The number of aryl methyl sites for hydroxylation is 2. The van der Waals surface area contributed by atoms with Crippen LogP contribution in [0.4, 0.5) is 0 Å². The summed E-state index contributed by atoms with van der Waals surface area (Å²) in [4.78, 5) is 11.6. The van der Waals surface area contributed by atoms with E-state index >= 15 is 0 Å². The Morgan fingerprint density at radius 2 is 1.95 bits per heavy atom. The minimum absolute atomic E-state index is 0.172. The number of benzene rings is 1. The number of Topliss-reactive ketones (excluding diaryl/α,β-unsaturated/α-hetero) is 1. The molecule has 0 N–H and O–H groups in total. The molecule has 1 nitrogen and oxygen atoms in total. The van der Waals surface area contributed by atoms with E-state index in [1.165, 1.54) is 42.4 Å². The first-order chi connectivity index (χ1) is 9.12. The van der Waals surface area contributed by atoms with Crippen molar-refractivity contribution in [2.24, 2.45) is 5.92 Å². The van der Waals surface area contributed by atoms with Gasteiger partial charge in [-0.05, 0) is 60.6 Å². The zero-order valence-electron chi connectivity index (χ0n) is 11.5. The van der Waals surface area contributed by atoms with Gasteiger partial charge in [0.05, 0.1) is 5.88 Å². The number of fused-ring (bicyclic) bond motifs is 1. The molecule has 1 saturated carbocycles. The molecule has 0 saturated heterocycles. The number of hydrogen-bond donors (Lipinski definition) is 0. The van der Waals surface area contributed by atoms with Crippen LogP contribution in [0.15, 0.2) is 18.2 Å². The maximum Gasteiger partial charge on any atom is 0.150 e. The smallest absolute Gasteiger partial charge is 0.150 e. The largest absolute Gasteiger partial charge is 0.298 e. The molecule has 0 radical (unpaired) electrons. The zero-order valence-corrected chi connectivity index (χ0v) is 12.3. The van der Waals surface area contributed by atoms with Gasteiger partial charge in [0.1, 0.15) is 0 Å². The second-order valence-electron chi connectivity index (χ2n) is 6.46. The minimum Gasteiger partial charge on any atom is -0.298 e. The van der Waals surface area contributed by atoms with Gasteiger partial charge in [-0.25, -0.2) is 0 Å². The summed E-state index contributed by atoms with van der Waals surface area (Å²) in [6.07, 6.45) is 7.05. The van der Waals surface area contributed by atoms with Crippen molar-refractivity contribution >= 4 is 17.4 Å². The monoisotopic (exact) mass is 276 g/mol. The Bertz CT molecular complexity index is 500. The lowest BCUT2D eigenvalue weighted by molar-refractivity contribution is -0.124. The highest BCUT2D eigenvalue weighted by Gasteiger charge is 2.44. The first-order valence-corrected chi connectivity index (χ1v) is 7.87. The average molecular weight is 277 g/mol. The van der Waals surface area contributed by atoms with Crippen molar-refractivity contribution in [2.45, 2.75) is 50.9 Å². The van der Waals surface area contributed by atoms with E-state index in [9.17, 15) is 4.79 Å². The van der Waals surface area contributed by atoms with E-state index in [0.29, 0.717) is 0 Å². The number of alkyl halides is 1. The topological polar surface area (TPSA) is 17.1 Å². The highest BCUT2D eigenvalue weighted by atomic mass is 35.5. The number of carbonyl (C=O) groups is 1. The van der Waals surface area contributed by atoms with Gasteiger partial charge >= 0.3 is 0 Å². The van der Waals surface area contributed by atoms with E-state index in [1.54, 1.807) is 0 Å². The Balaban J connectivity index is 1.78. The quantitative estimate of drug-likeness (QED) is 0.762. The van der Waals surface area contributed by atoms with Gasteiger partial charge < -0.3 is 0 Å². The van der Waals surface area contributed by atoms with Crippen LogP contribution in [0.2, 0.25) is 0 Å². The fraction of sp³-hybridized carbons (Fsp3) is 0.588. The van der Waals surface area contributed by atoms with E-state index in [-0.39, 0.29) is 23.0 Å². The molecule has 0 bridgehead atoms. The Hall–Kier alpha value is -0.820. The Morgan fingerprint density at radius 1 is 1.26 bits per heavy atom. The van der Waals surface area contributed by atoms with Crippen LogP contribution in [0, 0.1) is 5.92 Å². The van der Waals surface area contributed by atoms with Crippen molar-refractivity contribution in [2.75, 3.05) is 5.88 Å². The van der Waals surface area contributed by atoms with Crippen LogP contribution in [-0.2, 0) is 23.1 Å². The molecule has 2 heteroatoms. The zero-order chi connectivity index (χ0) is 13.5. The van der Waals surface area contributed by atoms with Gasteiger partial charge in [-0.3, -0.25) is 4.79 Å². The second-order valence-corrected chi connectivity index (χ2v) is 6.72. The highest BCUT2D eigenvalue weighted by molar-refractivity contribution is 6.28. The lowest BCUT2D eigenvalue weighted by atomic mass is 9.58. The van der Waals surface area contributed by atoms with Crippen molar-refractivity contribution in [3.63, 3.8) is 0 Å². The standard InChI is InChI=1S/C17H21ClO/c1-17(9-14(10-17)16(19)11-18)15-7-6-12-4-2-3-5-13(12)8-15/h6-8,14H,2-5,9-11H2,1H3. The summed E-state index contributed by atoms with van der Waals surface area (Å²) < 4.78 is 0. The number of hydrogen-bond acceptors (Lipinski definition) is 1. The lowest BCUT2D eigenvalue weighted by Gasteiger charge is -2.45. The molecule has 0 atom stereocenters. The molecular formula is C17H21ClO. The summed E-state index contributed by atoms with van der Waals surface area (Å²) in [5, 5.41) is 0. The molecule has 3 rings (SSSR count). The van der Waals surface area contributed by atoms with Gasteiger partial charge in [-0.2, -0.15) is 0 Å². The predicted molar refractivity (Wildman–Crippen MR) is 78.9 cm³/mol. The second kappa shape index (κ2) is 4.94.